The number of ether oxygens (including phenoxy) is 4. The van der Waals surface area contributed by atoms with E-state index < -0.39 is 6.29 Å². The molecule has 2 atom stereocenters. The summed E-state index contributed by atoms with van der Waals surface area (Å²) in [5.41, 5.74) is 0. The molecule has 0 aliphatic heterocycles. The summed E-state index contributed by atoms with van der Waals surface area (Å²) in [7, 11) is 1.60. The number of allylic oxidation sites excluding steroid dienone is 2. The Kier molecular flexibility index (Phi) is 9.86. The maximum Gasteiger partial charge on any atom is 0.330 e. The monoisotopic (exact) mass is 402 g/mol. The minimum absolute atomic E-state index is 0.122. The first kappa shape index (κ1) is 22.6. The fourth-order valence-corrected chi connectivity index (χ4v) is 2.80. The van der Waals surface area contributed by atoms with E-state index in [4.69, 9.17) is 18.9 Å². The van der Waals surface area contributed by atoms with E-state index in [1.54, 1.807) is 31.4 Å². The zero-order valence-corrected chi connectivity index (χ0v) is 16.9. The van der Waals surface area contributed by atoms with Crippen LogP contribution in [0.2, 0.25) is 0 Å². The second-order valence-corrected chi connectivity index (χ2v) is 6.68. The number of aliphatic hydroxyl groups excluding tert-OH is 1. The number of benzene rings is 1. The molecule has 0 spiro atoms. The Balaban J connectivity index is 1.58. The van der Waals surface area contributed by atoms with E-state index in [1.807, 2.05) is 18.2 Å². The molecule has 0 saturated carbocycles. The molecule has 1 aromatic rings. The number of esters is 1. The van der Waals surface area contributed by atoms with Crippen LogP contribution < -0.4 is 9.47 Å². The van der Waals surface area contributed by atoms with Gasteiger partial charge in [-0.2, -0.15) is 0 Å². The highest BCUT2D eigenvalue weighted by atomic mass is 16.6. The van der Waals surface area contributed by atoms with Gasteiger partial charge in [0, 0.05) is 12.0 Å². The second-order valence-electron chi connectivity index (χ2n) is 6.68. The molecule has 29 heavy (non-hydrogen) atoms. The van der Waals surface area contributed by atoms with Gasteiger partial charge < -0.3 is 24.1 Å². The maximum absolute atomic E-state index is 10.9. The number of hydrogen-bond acceptors (Lipinski definition) is 6. The molecule has 1 aliphatic carbocycles. The van der Waals surface area contributed by atoms with E-state index >= 15 is 0 Å². The molecule has 158 valence electrons. The van der Waals surface area contributed by atoms with Crippen LogP contribution in [0.3, 0.4) is 0 Å². The summed E-state index contributed by atoms with van der Waals surface area (Å²) in [5, 5.41) is 10.3. The average molecular weight is 402 g/mol. The lowest BCUT2D eigenvalue weighted by molar-refractivity contribution is -0.137. The first-order chi connectivity index (χ1) is 14.1. The standard InChI is InChI=1S/C23H30O6/c1-3-22(24)28-17-7-5-4-6-16-27-20-10-8-18(9-11-20)23(25)29-21-14-12-19(26-2)13-15-21/h3,8,10-15,18,23,25H,1,4-7,9,16-17H2,2H3. The van der Waals surface area contributed by atoms with E-state index in [-0.39, 0.29) is 11.9 Å². The first-order valence-electron chi connectivity index (χ1n) is 9.91. The summed E-state index contributed by atoms with van der Waals surface area (Å²) in [6.07, 6.45) is 10.4. The summed E-state index contributed by atoms with van der Waals surface area (Å²) in [5.74, 6) is 1.66. The topological polar surface area (TPSA) is 74.2 Å². The smallest absolute Gasteiger partial charge is 0.330 e. The van der Waals surface area contributed by atoms with E-state index in [9.17, 15) is 9.90 Å². The number of methoxy groups -OCH3 is 1. The summed E-state index contributed by atoms with van der Waals surface area (Å²) < 4.78 is 21.4. The highest BCUT2D eigenvalue weighted by Gasteiger charge is 2.20. The largest absolute Gasteiger partial charge is 0.497 e. The van der Waals surface area contributed by atoms with Crippen molar-refractivity contribution in [2.45, 2.75) is 38.4 Å². The SMILES string of the molecule is C=CC(=O)OCCCCCCOC1=CCC(C(O)Oc2ccc(OC)cc2)C=C1. The Hall–Kier alpha value is -2.73. The van der Waals surface area contributed by atoms with Crippen LogP contribution >= 0.6 is 0 Å². The van der Waals surface area contributed by atoms with Crippen molar-refractivity contribution in [3.8, 4) is 11.5 Å². The predicted molar refractivity (Wildman–Crippen MR) is 111 cm³/mol. The Morgan fingerprint density at radius 2 is 1.86 bits per heavy atom. The molecule has 6 nitrogen and oxygen atoms in total. The first-order valence-corrected chi connectivity index (χ1v) is 9.91. The van der Waals surface area contributed by atoms with Crippen molar-refractivity contribution in [3.05, 3.63) is 60.9 Å². The molecule has 1 aliphatic rings. The summed E-state index contributed by atoms with van der Waals surface area (Å²) >= 11 is 0. The number of unbranched alkanes of at least 4 members (excludes halogenated alkanes) is 3. The Bertz CT molecular complexity index is 692. The summed E-state index contributed by atoms with van der Waals surface area (Å²) in [4.78, 5) is 10.9. The zero-order valence-electron chi connectivity index (χ0n) is 16.9. The van der Waals surface area contributed by atoms with Crippen LogP contribution in [0.5, 0.6) is 11.5 Å². The average Bonchev–Trinajstić information content (AvgIpc) is 2.76. The van der Waals surface area contributed by atoms with Crippen molar-refractivity contribution < 1.29 is 28.8 Å². The second kappa shape index (κ2) is 12.7. The maximum atomic E-state index is 10.9. The number of rotatable bonds is 13. The number of aliphatic hydroxyl groups is 1. The molecule has 2 unspecified atom stereocenters. The van der Waals surface area contributed by atoms with Gasteiger partial charge in [-0.3, -0.25) is 0 Å². The zero-order chi connectivity index (χ0) is 20.9. The van der Waals surface area contributed by atoms with Crippen LogP contribution in [-0.2, 0) is 14.3 Å². The van der Waals surface area contributed by atoms with Crippen molar-refractivity contribution in [1.82, 2.24) is 0 Å². The number of carbonyl (C=O) groups is 1. The minimum Gasteiger partial charge on any atom is -0.497 e. The van der Waals surface area contributed by atoms with Crippen LogP contribution in [0.15, 0.2) is 60.9 Å². The molecule has 0 radical (unpaired) electrons. The molecule has 6 heteroatoms. The lowest BCUT2D eigenvalue weighted by Crippen LogP contribution is -2.26. The Labute approximate surface area is 172 Å². The third-order valence-corrected chi connectivity index (χ3v) is 4.50. The van der Waals surface area contributed by atoms with Crippen LogP contribution in [0.1, 0.15) is 32.1 Å². The minimum atomic E-state index is -0.923. The molecular formula is C23H30O6. The fraction of sp³-hybridized carbons (Fsp3) is 0.435. The van der Waals surface area contributed by atoms with Gasteiger partial charge in [0.1, 0.15) is 17.3 Å². The fourth-order valence-electron chi connectivity index (χ4n) is 2.80. The third kappa shape index (κ3) is 8.44. The molecule has 2 rings (SSSR count). The van der Waals surface area contributed by atoms with Gasteiger partial charge in [0.15, 0.2) is 0 Å². The highest BCUT2D eigenvalue weighted by molar-refractivity contribution is 5.81. The van der Waals surface area contributed by atoms with Crippen LogP contribution in [-0.4, -0.2) is 37.7 Å². The van der Waals surface area contributed by atoms with Crippen LogP contribution in [0, 0.1) is 5.92 Å². The molecule has 1 aromatic carbocycles. The molecule has 0 amide bonds. The van der Waals surface area contributed by atoms with Gasteiger partial charge in [-0.25, -0.2) is 4.79 Å². The van der Waals surface area contributed by atoms with E-state index in [1.165, 1.54) is 6.08 Å². The van der Waals surface area contributed by atoms with Gasteiger partial charge >= 0.3 is 5.97 Å². The van der Waals surface area contributed by atoms with E-state index in [0.717, 1.165) is 37.2 Å². The molecule has 1 N–H and O–H groups in total. The number of hydrogen-bond donors (Lipinski definition) is 1. The molecule has 0 heterocycles. The van der Waals surface area contributed by atoms with Gasteiger partial charge in [0.05, 0.1) is 20.3 Å². The summed E-state index contributed by atoms with van der Waals surface area (Å²) in [6, 6.07) is 7.11. The molecule has 0 saturated heterocycles. The lowest BCUT2D eigenvalue weighted by Gasteiger charge is -2.23. The Morgan fingerprint density at radius 3 is 2.48 bits per heavy atom. The van der Waals surface area contributed by atoms with E-state index in [2.05, 4.69) is 6.58 Å². The predicted octanol–water partition coefficient (Wildman–Crippen LogP) is 4.16. The summed E-state index contributed by atoms with van der Waals surface area (Å²) in [6.45, 7) is 4.43. The Morgan fingerprint density at radius 1 is 1.17 bits per heavy atom. The third-order valence-electron chi connectivity index (χ3n) is 4.50. The van der Waals surface area contributed by atoms with Crippen molar-refractivity contribution in [3.63, 3.8) is 0 Å². The van der Waals surface area contributed by atoms with Gasteiger partial charge in [-0.05, 0) is 68.5 Å². The molecule has 0 fully saturated rings. The lowest BCUT2D eigenvalue weighted by atomic mass is 9.99. The van der Waals surface area contributed by atoms with Crippen LogP contribution in [0.4, 0.5) is 0 Å². The quantitative estimate of drug-likeness (QED) is 0.231. The molecule has 0 aromatic heterocycles. The molecular weight excluding hydrogens is 372 g/mol. The number of carbonyl (C=O) groups excluding carboxylic acids is 1. The van der Waals surface area contributed by atoms with Gasteiger partial charge in [-0.1, -0.05) is 12.7 Å². The van der Waals surface area contributed by atoms with Crippen LogP contribution in [0.25, 0.3) is 0 Å². The van der Waals surface area contributed by atoms with E-state index in [0.29, 0.717) is 25.4 Å². The van der Waals surface area contributed by atoms with Gasteiger partial charge in [-0.15, -0.1) is 0 Å². The van der Waals surface area contributed by atoms with Gasteiger partial charge in [0.2, 0.25) is 6.29 Å². The van der Waals surface area contributed by atoms with Crippen molar-refractivity contribution in [2.75, 3.05) is 20.3 Å². The van der Waals surface area contributed by atoms with Crippen molar-refractivity contribution in [1.29, 1.82) is 0 Å². The highest BCUT2D eigenvalue weighted by Crippen LogP contribution is 2.24. The van der Waals surface area contributed by atoms with Gasteiger partial charge in [0.25, 0.3) is 0 Å². The van der Waals surface area contributed by atoms with Crippen molar-refractivity contribution in [2.24, 2.45) is 5.92 Å². The molecule has 0 bridgehead atoms. The normalized spacial score (nSPS) is 16.5. The van der Waals surface area contributed by atoms with Crippen molar-refractivity contribution >= 4 is 5.97 Å².